The van der Waals surface area contributed by atoms with E-state index >= 15 is 0 Å². The van der Waals surface area contributed by atoms with Gasteiger partial charge in [0, 0.05) is 19.5 Å². The smallest absolute Gasteiger partial charge is 0.264 e. The van der Waals surface area contributed by atoms with Crippen molar-refractivity contribution in [2.24, 2.45) is 11.8 Å². The zero-order valence-corrected chi connectivity index (χ0v) is 17.6. The molecular weight excluding hydrogens is 396 g/mol. The van der Waals surface area contributed by atoms with E-state index in [2.05, 4.69) is 15.5 Å². The number of benzene rings is 1. The highest BCUT2D eigenvalue weighted by molar-refractivity contribution is 6.25. The SMILES string of the molecule is O=C1CCC(N2C(=O)c3cccc(N4CCC(C5CCNCC5)CC4)c3C2=O)C(=O)N1. The van der Waals surface area contributed by atoms with Crippen molar-refractivity contribution in [3.05, 3.63) is 29.3 Å². The maximum absolute atomic E-state index is 13.3. The number of anilines is 1. The maximum Gasteiger partial charge on any atom is 0.264 e. The van der Waals surface area contributed by atoms with Crippen LogP contribution in [-0.4, -0.2) is 60.7 Å². The van der Waals surface area contributed by atoms with Crippen LogP contribution in [0.25, 0.3) is 0 Å². The lowest BCUT2D eigenvalue weighted by Gasteiger charge is -2.39. The van der Waals surface area contributed by atoms with E-state index in [0.717, 1.165) is 55.5 Å². The standard InChI is InChI=1S/C23H28N4O4/c28-19-5-4-18(21(29)25-19)27-22(30)16-2-1-3-17(20(16)23(27)31)26-12-8-15(9-13-26)14-6-10-24-11-7-14/h1-3,14-15,18,24H,4-13H2,(H,25,28,29). The first-order chi connectivity index (χ1) is 15.0. The summed E-state index contributed by atoms with van der Waals surface area (Å²) in [7, 11) is 0. The summed E-state index contributed by atoms with van der Waals surface area (Å²) in [4.78, 5) is 53.4. The monoisotopic (exact) mass is 424 g/mol. The number of carbonyl (C=O) groups is 4. The molecule has 0 spiro atoms. The van der Waals surface area contributed by atoms with Gasteiger partial charge in [0.05, 0.1) is 16.8 Å². The van der Waals surface area contributed by atoms with E-state index in [0.29, 0.717) is 17.0 Å². The summed E-state index contributed by atoms with van der Waals surface area (Å²) in [6.07, 6.45) is 4.95. The number of imide groups is 2. The van der Waals surface area contributed by atoms with Gasteiger partial charge in [-0.05, 0) is 69.2 Å². The maximum atomic E-state index is 13.3. The summed E-state index contributed by atoms with van der Waals surface area (Å²) in [5.74, 6) is -0.319. The highest BCUT2D eigenvalue weighted by Crippen LogP contribution is 2.37. The summed E-state index contributed by atoms with van der Waals surface area (Å²) in [6.45, 7) is 3.93. The molecule has 31 heavy (non-hydrogen) atoms. The molecule has 8 heteroatoms. The highest BCUT2D eigenvalue weighted by atomic mass is 16.2. The molecule has 0 aliphatic carbocycles. The van der Waals surface area contributed by atoms with Gasteiger partial charge in [0.1, 0.15) is 6.04 Å². The van der Waals surface area contributed by atoms with Crippen molar-refractivity contribution < 1.29 is 19.2 Å². The van der Waals surface area contributed by atoms with Gasteiger partial charge in [-0.1, -0.05) is 6.07 Å². The molecular formula is C23H28N4O4. The number of nitrogens with one attached hydrogen (secondary N) is 2. The second-order valence-electron chi connectivity index (χ2n) is 9.06. The number of piperidine rings is 3. The molecule has 4 amide bonds. The van der Waals surface area contributed by atoms with Gasteiger partial charge in [-0.15, -0.1) is 0 Å². The lowest BCUT2D eigenvalue weighted by molar-refractivity contribution is -0.136. The predicted octanol–water partition coefficient (Wildman–Crippen LogP) is 1.30. The summed E-state index contributed by atoms with van der Waals surface area (Å²) in [5.41, 5.74) is 1.54. The molecule has 8 nitrogen and oxygen atoms in total. The fraction of sp³-hybridized carbons (Fsp3) is 0.565. The highest BCUT2D eigenvalue weighted by Gasteiger charge is 2.46. The first-order valence-corrected chi connectivity index (χ1v) is 11.3. The van der Waals surface area contributed by atoms with E-state index in [1.54, 1.807) is 6.07 Å². The van der Waals surface area contributed by atoms with Gasteiger partial charge in [0.25, 0.3) is 11.8 Å². The molecule has 3 fully saturated rings. The minimum absolute atomic E-state index is 0.126. The third kappa shape index (κ3) is 3.52. The number of fused-ring (bicyclic) bond motifs is 1. The summed E-state index contributed by atoms with van der Waals surface area (Å²) >= 11 is 0. The number of hydrogen-bond donors (Lipinski definition) is 2. The van der Waals surface area contributed by atoms with E-state index < -0.39 is 23.8 Å². The summed E-state index contributed by atoms with van der Waals surface area (Å²) < 4.78 is 0. The van der Waals surface area contributed by atoms with Gasteiger partial charge in [0.15, 0.2) is 0 Å². The predicted molar refractivity (Wildman–Crippen MR) is 114 cm³/mol. The van der Waals surface area contributed by atoms with Crippen LogP contribution in [-0.2, 0) is 9.59 Å². The van der Waals surface area contributed by atoms with Crippen LogP contribution in [0.4, 0.5) is 5.69 Å². The Bertz CT molecular complexity index is 932. The molecule has 0 bridgehead atoms. The van der Waals surface area contributed by atoms with Crippen LogP contribution >= 0.6 is 0 Å². The van der Waals surface area contributed by atoms with Crippen LogP contribution in [0.3, 0.4) is 0 Å². The minimum Gasteiger partial charge on any atom is -0.371 e. The van der Waals surface area contributed by atoms with E-state index in [9.17, 15) is 19.2 Å². The van der Waals surface area contributed by atoms with Crippen LogP contribution in [0, 0.1) is 11.8 Å². The first-order valence-electron chi connectivity index (χ1n) is 11.3. The summed E-state index contributed by atoms with van der Waals surface area (Å²) in [6, 6.07) is 4.45. The van der Waals surface area contributed by atoms with Crippen LogP contribution in [0.5, 0.6) is 0 Å². The van der Waals surface area contributed by atoms with Crippen molar-refractivity contribution in [3.63, 3.8) is 0 Å². The molecule has 1 atom stereocenters. The molecule has 4 aliphatic rings. The molecule has 0 radical (unpaired) electrons. The second-order valence-corrected chi connectivity index (χ2v) is 9.06. The van der Waals surface area contributed by atoms with E-state index in [1.165, 1.54) is 12.8 Å². The number of amides is 4. The van der Waals surface area contributed by atoms with Crippen molar-refractivity contribution in [1.29, 1.82) is 0 Å². The fourth-order valence-electron chi connectivity index (χ4n) is 5.69. The number of carbonyl (C=O) groups excluding carboxylic acids is 4. The van der Waals surface area contributed by atoms with Gasteiger partial charge < -0.3 is 10.2 Å². The molecule has 0 saturated carbocycles. The largest absolute Gasteiger partial charge is 0.371 e. The zero-order chi connectivity index (χ0) is 21.5. The minimum atomic E-state index is -0.927. The molecule has 1 unspecified atom stereocenters. The Balaban J connectivity index is 1.35. The quantitative estimate of drug-likeness (QED) is 0.710. The number of hydrogen-bond acceptors (Lipinski definition) is 6. The third-order valence-corrected chi connectivity index (χ3v) is 7.38. The van der Waals surface area contributed by atoms with E-state index in [1.807, 2.05) is 12.1 Å². The lowest BCUT2D eigenvalue weighted by atomic mass is 9.79. The normalized spacial score (nSPS) is 25.7. The second kappa shape index (κ2) is 8.07. The Morgan fingerprint density at radius 3 is 2.26 bits per heavy atom. The van der Waals surface area contributed by atoms with Gasteiger partial charge >= 0.3 is 0 Å². The first kappa shape index (κ1) is 20.2. The van der Waals surface area contributed by atoms with Crippen LogP contribution in [0.2, 0.25) is 0 Å². The Morgan fingerprint density at radius 2 is 1.55 bits per heavy atom. The molecule has 5 rings (SSSR count). The Labute approximate surface area is 181 Å². The molecule has 1 aromatic carbocycles. The van der Waals surface area contributed by atoms with Crippen molar-refractivity contribution in [1.82, 2.24) is 15.5 Å². The number of rotatable bonds is 3. The molecule has 2 N–H and O–H groups in total. The molecule has 0 aromatic heterocycles. The lowest BCUT2D eigenvalue weighted by Crippen LogP contribution is -2.54. The van der Waals surface area contributed by atoms with Crippen LogP contribution in [0.1, 0.15) is 59.2 Å². The fourth-order valence-corrected chi connectivity index (χ4v) is 5.69. The Morgan fingerprint density at radius 1 is 0.839 bits per heavy atom. The van der Waals surface area contributed by atoms with Crippen molar-refractivity contribution >= 4 is 29.3 Å². The average Bonchev–Trinajstić information content (AvgIpc) is 3.05. The van der Waals surface area contributed by atoms with Crippen molar-refractivity contribution in [3.8, 4) is 0 Å². The Kier molecular flexibility index (Phi) is 5.25. The Hall–Kier alpha value is -2.74. The van der Waals surface area contributed by atoms with Crippen molar-refractivity contribution in [2.75, 3.05) is 31.1 Å². The average molecular weight is 425 g/mol. The molecule has 164 valence electrons. The van der Waals surface area contributed by atoms with Gasteiger partial charge in [-0.2, -0.15) is 0 Å². The molecule has 1 aromatic rings. The van der Waals surface area contributed by atoms with Gasteiger partial charge in [-0.3, -0.25) is 29.4 Å². The molecule has 3 saturated heterocycles. The van der Waals surface area contributed by atoms with Gasteiger partial charge in [-0.25, -0.2) is 0 Å². The molecule has 4 heterocycles. The van der Waals surface area contributed by atoms with Crippen LogP contribution in [0.15, 0.2) is 18.2 Å². The van der Waals surface area contributed by atoms with Crippen molar-refractivity contribution in [2.45, 2.75) is 44.6 Å². The van der Waals surface area contributed by atoms with E-state index in [-0.39, 0.29) is 18.7 Å². The van der Waals surface area contributed by atoms with Gasteiger partial charge in [0.2, 0.25) is 11.8 Å². The summed E-state index contributed by atoms with van der Waals surface area (Å²) in [5, 5.41) is 5.68. The number of nitrogens with zero attached hydrogens (tertiary/aromatic N) is 2. The third-order valence-electron chi connectivity index (χ3n) is 7.38. The van der Waals surface area contributed by atoms with Crippen LogP contribution < -0.4 is 15.5 Å². The topological polar surface area (TPSA) is 98.8 Å². The zero-order valence-electron chi connectivity index (χ0n) is 17.6. The van der Waals surface area contributed by atoms with E-state index in [4.69, 9.17) is 0 Å². The molecule has 4 aliphatic heterocycles.